The molecule has 0 spiro atoms. The first-order valence-corrected chi connectivity index (χ1v) is 5.49. The molecule has 0 saturated carbocycles. The molecule has 0 radical (unpaired) electrons. The van der Waals surface area contributed by atoms with E-state index in [1.807, 2.05) is 38.2 Å². The first-order valence-electron chi connectivity index (χ1n) is 5.49. The number of imidazole rings is 1. The molecule has 0 fully saturated rings. The maximum absolute atomic E-state index is 8.96. The summed E-state index contributed by atoms with van der Waals surface area (Å²) < 4.78 is 2.08. The number of aryl methyl sites for hydroxylation is 1. The van der Waals surface area contributed by atoms with Gasteiger partial charge in [-0.2, -0.15) is 0 Å². The zero-order valence-electron chi connectivity index (χ0n) is 9.64. The van der Waals surface area contributed by atoms with E-state index in [2.05, 4.69) is 14.7 Å². The number of pyridine rings is 1. The van der Waals surface area contributed by atoms with Crippen molar-refractivity contribution in [2.75, 3.05) is 6.61 Å². The average molecular weight is 219 g/mol. The van der Waals surface area contributed by atoms with Gasteiger partial charge < -0.3 is 14.8 Å². The summed E-state index contributed by atoms with van der Waals surface area (Å²) in [5.41, 5.74) is 3.15. The van der Waals surface area contributed by atoms with E-state index >= 15 is 0 Å². The van der Waals surface area contributed by atoms with Crippen molar-refractivity contribution in [1.82, 2.24) is 14.7 Å². The van der Waals surface area contributed by atoms with Crippen LogP contribution in [0.1, 0.15) is 18.3 Å². The third kappa shape index (κ3) is 2.08. The summed E-state index contributed by atoms with van der Waals surface area (Å²) >= 11 is 0. The van der Waals surface area contributed by atoms with Crippen LogP contribution in [0.15, 0.2) is 24.4 Å². The Morgan fingerprint density at radius 1 is 1.50 bits per heavy atom. The first kappa shape index (κ1) is 11.1. The summed E-state index contributed by atoms with van der Waals surface area (Å²) in [5.74, 6) is 0. The monoisotopic (exact) mass is 219 g/mol. The zero-order chi connectivity index (χ0) is 11.5. The van der Waals surface area contributed by atoms with Crippen molar-refractivity contribution in [3.05, 3.63) is 35.8 Å². The van der Waals surface area contributed by atoms with Crippen molar-refractivity contribution in [3.8, 4) is 0 Å². The first-order chi connectivity index (χ1) is 7.72. The fourth-order valence-electron chi connectivity index (χ4n) is 1.71. The molecule has 2 aromatic heterocycles. The highest BCUT2D eigenvalue weighted by molar-refractivity contribution is 5.42. The minimum Gasteiger partial charge on any atom is -0.395 e. The Kier molecular flexibility index (Phi) is 3.22. The molecular weight excluding hydrogens is 202 g/mol. The van der Waals surface area contributed by atoms with E-state index < -0.39 is 0 Å². The highest BCUT2D eigenvalue weighted by Gasteiger charge is 2.08. The molecular formula is C12H17N3O. The van der Waals surface area contributed by atoms with Crippen molar-refractivity contribution >= 4 is 5.65 Å². The lowest BCUT2D eigenvalue weighted by molar-refractivity contribution is 0.250. The maximum Gasteiger partial charge on any atom is 0.137 e. The molecule has 0 bridgehead atoms. The van der Waals surface area contributed by atoms with Crippen LogP contribution in [-0.2, 0) is 6.54 Å². The summed E-state index contributed by atoms with van der Waals surface area (Å²) in [6.07, 6.45) is 2.01. The topological polar surface area (TPSA) is 49.6 Å². The number of hydrogen-bond acceptors (Lipinski definition) is 3. The van der Waals surface area contributed by atoms with Crippen LogP contribution in [0.2, 0.25) is 0 Å². The van der Waals surface area contributed by atoms with Crippen LogP contribution < -0.4 is 5.32 Å². The van der Waals surface area contributed by atoms with Crippen LogP contribution in [0.25, 0.3) is 5.65 Å². The Morgan fingerprint density at radius 3 is 3.06 bits per heavy atom. The van der Waals surface area contributed by atoms with Crippen LogP contribution in [0.3, 0.4) is 0 Å². The number of hydrogen-bond donors (Lipinski definition) is 2. The van der Waals surface area contributed by atoms with Crippen molar-refractivity contribution in [1.29, 1.82) is 0 Å². The van der Waals surface area contributed by atoms with Crippen molar-refractivity contribution < 1.29 is 5.11 Å². The molecule has 0 aromatic carbocycles. The van der Waals surface area contributed by atoms with Gasteiger partial charge in [-0.15, -0.1) is 0 Å². The molecule has 0 aliphatic heterocycles. The lowest BCUT2D eigenvalue weighted by Gasteiger charge is -2.10. The predicted molar refractivity (Wildman–Crippen MR) is 63.3 cm³/mol. The number of rotatable bonds is 4. The fourth-order valence-corrected chi connectivity index (χ4v) is 1.71. The number of fused-ring (bicyclic) bond motifs is 1. The van der Waals surface area contributed by atoms with Gasteiger partial charge >= 0.3 is 0 Å². The predicted octanol–water partition coefficient (Wildman–Crippen LogP) is 1.11. The molecule has 0 saturated heterocycles. The molecule has 4 nitrogen and oxygen atoms in total. The average Bonchev–Trinajstić information content (AvgIpc) is 2.62. The van der Waals surface area contributed by atoms with Gasteiger partial charge in [0, 0.05) is 18.8 Å². The lowest BCUT2D eigenvalue weighted by atomic mass is 10.3. The van der Waals surface area contributed by atoms with E-state index in [0.717, 1.165) is 23.6 Å². The van der Waals surface area contributed by atoms with E-state index in [4.69, 9.17) is 5.11 Å². The quantitative estimate of drug-likeness (QED) is 0.810. The van der Waals surface area contributed by atoms with Crippen LogP contribution in [0.5, 0.6) is 0 Å². The summed E-state index contributed by atoms with van der Waals surface area (Å²) in [6.45, 7) is 4.83. The minimum atomic E-state index is 0.105. The van der Waals surface area contributed by atoms with Gasteiger partial charge in [-0.05, 0) is 26.0 Å². The molecule has 0 aliphatic carbocycles. The molecule has 2 rings (SSSR count). The normalized spacial score (nSPS) is 13.2. The van der Waals surface area contributed by atoms with Crippen molar-refractivity contribution in [2.24, 2.45) is 0 Å². The molecule has 2 heterocycles. The van der Waals surface area contributed by atoms with Gasteiger partial charge in [0.25, 0.3) is 0 Å². The van der Waals surface area contributed by atoms with E-state index in [1.165, 1.54) is 0 Å². The highest BCUT2D eigenvalue weighted by Crippen LogP contribution is 2.11. The van der Waals surface area contributed by atoms with E-state index in [1.54, 1.807) is 0 Å². The zero-order valence-corrected chi connectivity index (χ0v) is 9.64. The summed E-state index contributed by atoms with van der Waals surface area (Å²) in [4.78, 5) is 4.48. The molecule has 86 valence electrons. The molecule has 1 atom stereocenters. The van der Waals surface area contributed by atoms with Gasteiger partial charge in [0.1, 0.15) is 5.65 Å². The van der Waals surface area contributed by atoms with Crippen LogP contribution in [-0.4, -0.2) is 27.1 Å². The number of aliphatic hydroxyl groups is 1. The molecule has 4 heteroatoms. The Labute approximate surface area is 94.9 Å². The summed E-state index contributed by atoms with van der Waals surface area (Å²) in [7, 11) is 0. The molecule has 1 unspecified atom stereocenters. The van der Waals surface area contributed by atoms with E-state index in [9.17, 15) is 0 Å². The van der Waals surface area contributed by atoms with Crippen LogP contribution in [0, 0.1) is 6.92 Å². The van der Waals surface area contributed by atoms with Gasteiger partial charge in [-0.1, -0.05) is 6.07 Å². The highest BCUT2D eigenvalue weighted by atomic mass is 16.3. The van der Waals surface area contributed by atoms with Crippen molar-refractivity contribution in [2.45, 2.75) is 26.4 Å². The van der Waals surface area contributed by atoms with Crippen molar-refractivity contribution in [3.63, 3.8) is 0 Å². The molecule has 0 aliphatic rings. The second kappa shape index (κ2) is 4.63. The van der Waals surface area contributed by atoms with Gasteiger partial charge in [-0.3, -0.25) is 0 Å². The molecule has 2 N–H and O–H groups in total. The molecule has 16 heavy (non-hydrogen) atoms. The number of aliphatic hydroxyl groups excluding tert-OH is 1. The van der Waals surface area contributed by atoms with Gasteiger partial charge in [-0.25, -0.2) is 4.98 Å². The number of nitrogens with one attached hydrogen (secondary N) is 1. The Hall–Kier alpha value is -1.39. The smallest absolute Gasteiger partial charge is 0.137 e. The summed E-state index contributed by atoms with van der Waals surface area (Å²) in [6, 6.07) is 6.07. The number of nitrogens with zero attached hydrogens (tertiary/aromatic N) is 2. The Morgan fingerprint density at radius 2 is 2.31 bits per heavy atom. The molecule has 0 amide bonds. The van der Waals surface area contributed by atoms with Gasteiger partial charge in [0.15, 0.2) is 0 Å². The number of aromatic nitrogens is 2. The Bertz CT molecular complexity index is 478. The molecule has 2 aromatic rings. The SMILES string of the molecule is Cc1nc2ccccn2c1CNC(C)CO. The second-order valence-electron chi connectivity index (χ2n) is 4.04. The van der Waals surface area contributed by atoms with E-state index in [0.29, 0.717) is 0 Å². The lowest BCUT2D eigenvalue weighted by Crippen LogP contribution is -2.29. The van der Waals surface area contributed by atoms with Gasteiger partial charge in [0.05, 0.1) is 18.0 Å². The van der Waals surface area contributed by atoms with Gasteiger partial charge in [0.2, 0.25) is 0 Å². The third-order valence-electron chi connectivity index (χ3n) is 2.72. The summed E-state index contributed by atoms with van der Waals surface area (Å²) in [5, 5.41) is 12.2. The maximum atomic E-state index is 8.96. The minimum absolute atomic E-state index is 0.105. The second-order valence-corrected chi connectivity index (χ2v) is 4.04. The Balaban J connectivity index is 2.26. The van der Waals surface area contributed by atoms with Crippen LogP contribution in [0.4, 0.5) is 0 Å². The standard InChI is InChI=1S/C12H17N3O/c1-9(8-16)13-7-11-10(2)14-12-5-3-4-6-15(11)12/h3-6,9,13,16H,7-8H2,1-2H3. The van der Waals surface area contributed by atoms with Crippen LogP contribution >= 0.6 is 0 Å². The third-order valence-corrected chi connectivity index (χ3v) is 2.72. The largest absolute Gasteiger partial charge is 0.395 e. The van der Waals surface area contributed by atoms with E-state index in [-0.39, 0.29) is 12.6 Å². The fraction of sp³-hybridized carbons (Fsp3) is 0.417.